The van der Waals surface area contributed by atoms with Crippen LogP contribution in [0.15, 0.2) is 21.0 Å². The highest BCUT2D eigenvalue weighted by Crippen LogP contribution is 2.56. The minimum absolute atomic E-state index is 0.690. The number of rotatable bonds is 0. The Kier molecular flexibility index (Phi) is 2.50. The van der Waals surface area contributed by atoms with Gasteiger partial charge in [-0.05, 0) is 55.7 Å². The summed E-state index contributed by atoms with van der Waals surface area (Å²) < 4.78 is 0. The van der Waals surface area contributed by atoms with Crippen LogP contribution in [0.25, 0.3) is 0 Å². The molecule has 0 aromatic carbocycles. The molecular formula is C13H19NS2. The van der Waals surface area contributed by atoms with Crippen LogP contribution in [-0.2, 0) is 0 Å². The zero-order valence-corrected chi connectivity index (χ0v) is 12.2. The first-order valence-corrected chi connectivity index (χ1v) is 7.68. The summed E-state index contributed by atoms with van der Waals surface area (Å²) in [4.78, 5) is 5.73. The normalized spacial score (nSPS) is 43.3. The van der Waals surface area contributed by atoms with Crippen LogP contribution in [0.5, 0.6) is 0 Å². The van der Waals surface area contributed by atoms with Gasteiger partial charge >= 0.3 is 0 Å². The molecule has 16 heavy (non-hydrogen) atoms. The first kappa shape index (κ1) is 11.2. The van der Waals surface area contributed by atoms with Crippen molar-refractivity contribution in [3.8, 4) is 0 Å². The number of allylic oxidation sites excluding steroid dienone is 2. The molecule has 0 N–H and O–H groups in total. The van der Waals surface area contributed by atoms with Crippen molar-refractivity contribution in [1.82, 2.24) is 4.90 Å². The Morgan fingerprint density at radius 3 is 1.56 bits per heavy atom. The Hall–Kier alpha value is 0.140. The van der Waals surface area contributed by atoms with E-state index in [1.807, 2.05) is 0 Å². The molecule has 0 aliphatic carbocycles. The van der Waals surface area contributed by atoms with Gasteiger partial charge in [0.05, 0.1) is 0 Å². The van der Waals surface area contributed by atoms with E-state index in [0.717, 1.165) is 10.5 Å². The second-order valence-electron chi connectivity index (χ2n) is 5.20. The van der Waals surface area contributed by atoms with E-state index < -0.39 is 0 Å². The molecule has 0 aromatic rings. The summed E-state index contributed by atoms with van der Waals surface area (Å²) in [6.07, 6.45) is 0. The summed E-state index contributed by atoms with van der Waals surface area (Å²) in [5.41, 5.74) is 3.22. The third kappa shape index (κ3) is 1.25. The van der Waals surface area contributed by atoms with Crippen molar-refractivity contribution in [3.63, 3.8) is 0 Å². The Labute approximate surface area is 107 Å². The molecule has 1 fully saturated rings. The van der Waals surface area contributed by atoms with Crippen molar-refractivity contribution >= 4 is 23.5 Å². The fourth-order valence-corrected chi connectivity index (χ4v) is 6.75. The standard InChI is InChI=1S/C13H19NS2/c1-6-8(3)15-12-10(6)14(5)11-7(2)9(4)16-13(11)12/h10-13H,1-5H3. The number of thioether (sulfide) groups is 2. The number of nitrogens with zero attached hydrogens (tertiary/aromatic N) is 1. The van der Waals surface area contributed by atoms with Gasteiger partial charge in [-0.3, -0.25) is 4.90 Å². The van der Waals surface area contributed by atoms with Crippen molar-refractivity contribution in [2.45, 2.75) is 50.3 Å². The van der Waals surface area contributed by atoms with Gasteiger partial charge in [0.2, 0.25) is 0 Å². The minimum atomic E-state index is 0.690. The molecule has 3 aliphatic heterocycles. The predicted octanol–water partition coefficient (Wildman–Crippen LogP) is 3.49. The van der Waals surface area contributed by atoms with Gasteiger partial charge in [-0.25, -0.2) is 0 Å². The zero-order valence-electron chi connectivity index (χ0n) is 10.6. The maximum Gasteiger partial charge on any atom is 0.0452 e. The van der Waals surface area contributed by atoms with Gasteiger partial charge in [0.1, 0.15) is 0 Å². The van der Waals surface area contributed by atoms with E-state index in [9.17, 15) is 0 Å². The average Bonchev–Trinajstić information content (AvgIpc) is 2.76. The van der Waals surface area contributed by atoms with Gasteiger partial charge in [-0.1, -0.05) is 0 Å². The summed E-state index contributed by atoms with van der Waals surface area (Å²) in [6, 6.07) is 1.38. The van der Waals surface area contributed by atoms with Crippen LogP contribution in [0.3, 0.4) is 0 Å². The Morgan fingerprint density at radius 2 is 1.19 bits per heavy atom. The van der Waals surface area contributed by atoms with Crippen LogP contribution in [0.1, 0.15) is 27.7 Å². The molecule has 0 saturated carbocycles. The lowest BCUT2D eigenvalue weighted by Crippen LogP contribution is -2.35. The molecule has 4 unspecified atom stereocenters. The predicted molar refractivity (Wildman–Crippen MR) is 74.8 cm³/mol. The number of hydrogen-bond donors (Lipinski definition) is 0. The summed E-state index contributed by atoms with van der Waals surface area (Å²) in [5.74, 6) is 0. The first-order valence-electron chi connectivity index (χ1n) is 5.92. The van der Waals surface area contributed by atoms with Gasteiger partial charge in [0.15, 0.2) is 0 Å². The summed E-state index contributed by atoms with van der Waals surface area (Å²) >= 11 is 4.24. The second kappa shape index (κ2) is 3.56. The number of hydrogen-bond acceptors (Lipinski definition) is 3. The summed E-state index contributed by atoms with van der Waals surface area (Å²) in [5, 5.41) is 1.57. The Bertz CT molecular complexity index is 372. The number of likely N-dealkylation sites (tertiary alicyclic amines) is 1. The molecule has 88 valence electrons. The fraction of sp³-hybridized carbons (Fsp3) is 0.692. The van der Waals surface area contributed by atoms with Crippen LogP contribution in [0.4, 0.5) is 0 Å². The molecule has 4 atom stereocenters. The molecule has 1 saturated heterocycles. The smallest absolute Gasteiger partial charge is 0.0452 e. The maximum absolute atomic E-state index is 2.62. The summed E-state index contributed by atoms with van der Waals surface area (Å²) in [6.45, 7) is 9.21. The topological polar surface area (TPSA) is 3.24 Å². The van der Waals surface area contributed by atoms with Gasteiger partial charge in [-0.2, -0.15) is 0 Å². The van der Waals surface area contributed by atoms with Gasteiger partial charge < -0.3 is 0 Å². The molecule has 1 nitrogen and oxygen atoms in total. The van der Waals surface area contributed by atoms with E-state index in [4.69, 9.17) is 0 Å². The van der Waals surface area contributed by atoms with Crippen molar-refractivity contribution in [1.29, 1.82) is 0 Å². The van der Waals surface area contributed by atoms with E-state index in [-0.39, 0.29) is 0 Å². The highest BCUT2D eigenvalue weighted by Gasteiger charge is 2.54. The highest BCUT2D eigenvalue weighted by atomic mass is 32.2. The third-order valence-corrected chi connectivity index (χ3v) is 7.62. The Balaban J connectivity index is 1.98. The monoisotopic (exact) mass is 253 g/mol. The maximum atomic E-state index is 2.62. The van der Waals surface area contributed by atoms with Crippen LogP contribution >= 0.6 is 23.5 Å². The molecule has 3 aliphatic rings. The van der Waals surface area contributed by atoms with Crippen LogP contribution in [0.2, 0.25) is 0 Å². The largest absolute Gasteiger partial charge is 0.291 e. The van der Waals surface area contributed by atoms with E-state index >= 15 is 0 Å². The average molecular weight is 253 g/mol. The minimum Gasteiger partial charge on any atom is -0.291 e. The van der Waals surface area contributed by atoms with E-state index in [1.54, 1.807) is 21.0 Å². The van der Waals surface area contributed by atoms with Crippen LogP contribution < -0.4 is 0 Å². The molecular weight excluding hydrogens is 234 g/mol. The van der Waals surface area contributed by atoms with Gasteiger partial charge in [0.25, 0.3) is 0 Å². The highest BCUT2D eigenvalue weighted by molar-refractivity contribution is 8.07. The van der Waals surface area contributed by atoms with E-state index in [1.165, 1.54) is 0 Å². The van der Waals surface area contributed by atoms with Crippen molar-refractivity contribution in [2.75, 3.05) is 7.05 Å². The SMILES string of the molecule is CC1=C(C)C2C(S1)C1SC(C)=C(C)C1N2C. The zero-order chi connectivity index (χ0) is 11.6. The lowest BCUT2D eigenvalue weighted by molar-refractivity contribution is 0.294. The molecule has 3 heterocycles. The van der Waals surface area contributed by atoms with Crippen molar-refractivity contribution in [2.24, 2.45) is 0 Å². The summed E-state index contributed by atoms with van der Waals surface area (Å²) in [7, 11) is 2.31. The molecule has 3 rings (SSSR count). The molecule has 0 spiro atoms. The van der Waals surface area contributed by atoms with E-state index in [0.29, 0.717) is 12.1 Å². The van der Waals surface area contributed by atoms with E-state index in [2.05, 4.69) is 63.2 Å². The van der Waals surface area contributed by atoms with Crippen molar-refractivity contribution in [3.05, 3.63) is 21.0 Å². The van der Waals surface area contributed by atoms with Crippen LogP contribution in [-0.4, -0.2) is 34.5 Å². The first-order chi connectivity index (χ1) is 7.52. The fourth-order valence-electron chi connectivity index (χ4n) is 3.37. The number of likely N-dealkylation sites (N-methyl/N-ethyl adjacent to an activating group) is 1. The molecule has 0 amide bonds. The number of fused-ring (bicyclic) bond motifs is 3. The van der Waals surface area contributed by atoms with Gasteiger partial charge in [0, 0.05) is 22.6 Å². The lowest BCUT2D eigenvalue weighted by Gasteiger charge is -2.25. The molecule has 0 bridgehead atoms. The molecule has 3 heteroatoms. The molecule has 0 radical (unpaired) electrons. The third-order valence-electron chi connectivity index (χ3n) is 4.45. The van der Waals surface area contributed by atoms with Gasteiger partial charge in [-0.15, -0.1) is 23.5 Å². The van der Waals surface area contributed by atoms with Crippen molar-refractivity contribution < 1.29 is 0 Å². The quantitative estimate of drug-likeness (QED) is 0.650. The van der Waals surface area contributed by atoms with Crippen LogP contribution in [0, 0.1) is 0 Å². The lowest BCUT2D eigenvalue weighted by atomic mass is 10.1. The molecule has 0 aromatic heterocycles. The Morgan fingerprint density at radius 1 is 0.812 bits per heavy atom. The second-order valence-corrected chi connectivity index (χ2v) is 7.98.